The Morgan fingerprint density at radius 1 is 1.04 bits per heavy atom. The van der Waals surface area contributed by atoms with Gasteiger partial charge in [0.1, 0.15) is 11.6 Å². The van der Waals surface area contributed by atoms with Crippen molar-refractivity contribution in [3.05, 3.63) is 86.9 Å². The van der Waals surface area contributed by atoms with Crippen LogP contribution >= 0.6 is 11.6 Å². The Bertz CT molecular complexity index is 1270. The number of aryl methyl sites for hydroxylation is 1. The van der Waals surface area contributed by atoms with Gasteiger partial charge in [-0.15, -0.1) is 0 Å². The molecule has 0 radical (unpaired) electrons. The Morgan fingerprint density at radius 2 is 1.71 bits per heavy atom. The lowest BCUT2D eigenvalue weighted by Crippen LogP contribution is -2.25. The second-order valence-corrected chi connectivity index (χ2v) is 6.61. The van der Waals surface area contributed by atoms with Crippen LogP contribution in [0.5, 0.6) is 0 Å². The van der Waals surface area contributed by atoms with E-state index in [1.54, 1.807) is 31.3 Å². The van der Waals surface area contributed by atoms with Crippen LogP contribution in [0.1, 0.15) is 11.4 Å². The van der Waals surface area contributed by atoms with Gasteiger partial charge in [-0.05, 0) is 36.4 Å². The van der Waals surface area contributed by atoms with Crippen LogP contribution in [-0.4, -0.2) is 19.1 Å². The van der Waals surface area contributed by atoms with Crippen molar-refractivity contribution in [3.63, 3.8) is 0 Å². The van der Waals surface area contributed by atoms with E-state index in [2.05, 4.69) is 9.97 Å². The average Bonchev–Trinajstić information content (AvgIpc) is 3.04. The van der Waals surface area contributed by atoms with Gasteiger partial charge in [-0.1, -0.05) is 11.6 Å². The molecule has 0 saturated carbocycles. The summed E-state index contributed by atoms with van der Waals surface area (Å²) in [6, 6.07) is 7.82. The Morgan fingerprint density at radius 3 is 2.43 bits per heavy atom. The minimum atomic E-state index is -1.32. The Balaban J connectivity index is 2.00. The minimum Gasteiger partial charge on any atom is -0.318 e. The lowest BCUT2D eigenvalue weighted by atomic mass is 10.1. The fourth-order valence-corrected chi connectivity index (χ4v) is 3.09. The van der Waals surface area contributed by atoms with Crippen molar-refractivity contribution in [2.45, 2.75) is 6.42 Å². The summed E-state index contributed by atoms with van der Waals surface area (Å²) in [7, 11) is 1.64. The summed E-state index contributed by atoms with van der Waals surface area (Å²) < 4.78 is 44.7. The van der Waals surface area contributed by atoms with Crippen LogP contribution < -0.4 is 5.56 Å². The summed E-state index contributed by atoms with van der Waals surface area (Å²) >= 11 is 5.91. The molecule has 0 aliphatic heterocycles. The van der Waals surface area contributed by atoms with E-state index in [4.69, 9.17) is 11.6 Å². The van der Waals surface area contributed by atoms with Gasteiger partial charge in [0.05, 0.1) is 12.0 Å². The number of fused-ring (bicyclic) bond motifs is 1. The summed E-state index contributed by atoms with van der Waals surface area (Å²) in [5, 5.41) is 0.451. The van der Waals surface area contributed by atoms with Gasteiger partial charge in [0, 0.05) is 24.1 Å². The molecule has 28 heavy (non-hydrogen) atoms. The van der Waals surface area contributed by atoms with E-state index in [0.717, 1.165) is 6.07 Å². The summed E-state index contributed by atoms with van der Waals surface area (Å²) in [5.41, 5.74) is -0.290. The van der Waals surface area contributed by atoms with Gasteiger partial charge >= 0.3 is 0 Å². The molecule has 0 N–H and O–H groups in total. The Labute approximate surface area is 161 Å². The van der Waals surface area contributed by atoms with Crippen LogP contribution in [0, 0.1) is 17.5 Å². The molecule has 0 spiro atoms. The number of halogens is 4. The van der Waals surface area contributed by atoms with Gasteiger partial charge in [-0.2, -0.15) is 0 Å². The SMILES string of the molecule is Cn1cnc2c(=O)n(-c3ccc(Cl)cc3)c(Cc3c(F)ccc(F)c3F)nc21. The highest BCUT2D eigenvalue weighted by Gasteiger charge is 2.20. The van der Waals surface area contributed by atoms with Gasteiger partial charge in [-0.3, -0.25) is 9.36 Å². The van der Waals surface area contributed by atoms with E-state index >= 15 is 0 Å². The highest BCUT2D eigenvalue weighted by molar-refractivity contribution is 6.30. The van der Waals surface area contributed by atoms with Crippen molar-refractivity contribution >= 4 is 22.8 Å². The van der Waals surface area contributed by atoms with Crippen LogP contribution in [-0.2, 0) is 13.5 Å². The van der Waals surface area contributed by atoms with E-state index in [9.17, 15) is 18.0 Å². The molecule has 2 aromatic carbocycles. The minimum absolute atomic E-state index is 0.0341. The molecule has 0 bridgehead atoms. The molecule has 142 valence electrons. The van der Waals surface area contributed by atoms with Gasteiger partial charge in [0.15, 0.2) is 22.8 Å². The highest BCUT2D eigenvalue weighted by Crippen LogP contribution is 2.21. The third-order valence-electron chi connectivity index (χ3n) is 4.36. The quantitative estimate of drug-likeness (QED) is 0.488. The fourth-order valence-electron chi connectivity index (χ4n) is 2.97. The smallest absolute Gasteiger partial charge is 0.286 e. The summed E-state index contributed by atoms with van der Waals surface area (Å²) in [6.45, 7) is 0. The number of aromatic nitrogens is 4. The molecule has 5 nitrogen and oxygen atoms in total. The van der Waals surface area contributed by atoms with Crippen LogP contribution in [0.2, 0.25) is 5.02 Å². The molecule has 0 saturated heterocycles. The number of imidazole rings is 1. The van der Waals surface area contributed by atoms with E-state index in [-0.39, 0.29) is 17.0 Å². The van der Waals surface area contributed by atoms with Gasteiger partial charge < -0.3 is 4.57 Å². The van der Waals surface area contributed by atoms with Crippen molar-refractivity contribution < 1.29 is 13.2 Å². The molecule has 2 aromatic heterocycles. The predicted octanol–water partition coefficient (Wildman–Crippen LogP) is 3.78. The van der Waals surface area contributed by atoms with Gasteiger partial charge in [0.2, 0.25) is 0 Å². The largest absolute Gasteiger partial charge is 0.318 e. The molecule has 9 heteroatoms. The summed E-state index contributed by atoms with van der Waals surface area (Å²) in [5.74, 6) is -3.40. The lowest BCUT2D eigenvalue weighted by Gasteiger charge is -2.14. The van der Waals surface area contributed by atoms with Crippen molar-refractivity contribution in [1.29, 1.82) is 0 Å². The molecule has 2 heterocycles. The van der Waals surface area contributed by atoms with E-state index in [1.807, 2.05) is 0 Å². The molecule has 0 aliphatic rings. The Hall–Kier alpha value is -3.13. The lowest BCUT2D eigenvalue weighted by molar-refractivity contribution is 0.481. The van der Waals surface area contributed by atoms with Crippen LogP contribution in [0.25, 0.3) is 16.9 Å². The monoisotopic (exact) mass is 404 g/mol. The molecule has 0 unspecified atom stereocenters. The first-order valence-electron chi connectivity index (χ1n) is 8.18. The third kappa shape index (κ3) is 2.95. The van der Waals surface area contributed by atoms with Gasteiger partial charge in [0.25, 0.3) is 5.56 Å². The van der Waals surface area contributed by atoms with Crippen molar-refractivity contribution in [2.75, 3.05) is 0 Å². The Kier molecular flexibility index (Phi) is 4.43. The van der Waals surface area contributed by atoms with Crippen molar-refractivity contribution in [2.24, 2.45) is 7.05 Å². The second kappa shape index (κ2) is 6.79. The predicted molar refractivity (Wildman–Crippen MR) is 98.2 cm³/mol. The summed E-state index contributed by atoms with van der Waals surface area (Å²) in [4.78, 5) is 21.5. The van der Waals surface area contributed by atoms with Crippen LogP contribution in [0.15, 0.2) is 47.5 Å². The summed E-state index contributed by atoms with van der Waals surface area (Å²) in [6.07, 6.45) is 0.979. The van der Waals surface area contributed by atoms with Crippen LogP contribution in [0.3, 0.4) is 0 Å². The molecular weight excluding hydrogens is 393 g/mol. The zero-order valence-corrected chi connectivity index (χ0v) is 15.2. The zero-order chi connectivity index (χ0) is 20.0. The topological polar surface area (TPSA) is 52.7 Å². The first kappa shape index (κ1) is 18.2. The molecule has 4 rings (SSSR count). The van der Waals surface area contributed by atoms with Gasteiger partial charge in [-0.25, -0.2) is 23.1 Å². The standard InChI is InChI=1S/C19H12ClF3N4O/c1-26-9-24-17-18(26)25-15(8-12-13(21)6-7-14(22)16(12)23)27(19(17)28)11-4-2-10(20)3-5-11/h2-7,9H,8H2,1H3. The maximum atomic E-state index is 14.2. The van der Waals surface area contributed by atoms with E-state index in [1.165, 1.54) is 15.5 Å². The van der Waals surface area contributed by atoms with Crippen molar-refractivity contribution in [3.8, 4) is 5.69 Å². The number of benzene rings is 2. The highest BCUT2D eigenvalue weighted by atomic mass is 35.5. The van der Waals surface area contributed by atoms with E-state index < -0.39 is 35.0 Å². The number of hydrogen-bond donors (Lipinski definition) is 0. The molecular formula is C19H12ClF3N4O. The maximum absolute atomic E-state index is 14.2. The second-order valence-electron chi connectivity index (χ2n) is 6.17. The maximum Gasteiger partial charge on any atom is 0.286 e. The molecule has 0 atom stereocenters. The van der Waals surface area contributed by atoms with E-state index in [0.29, 0.717) is 16.8 Å². The molecule has 0 amide bonds. The normalized spacial score (nSPS) is 11.3. The zero-order valence-electron chi connectivity index (χ0n) is 14.5. The fraction of sp³-hybridized carbons (Fsp3) is 0.105. The third-order valence-corrected chi connectivity index (χ3v) is 4.62. The number of rotatable bonds is 3. The first-order valence-corrected chi connectivity index (χ1v) is 8.56. The first-order chi connectivity index (χ1) is 13.4. The number of nitrogens with zero attached hydrogens (tertiary/aromatic N) is 4. The average molecular weight is 405 g/mol. The molecule has 0 fully saturated rings. The van der Waals surface area contributed by atoms with Crippen LogP contribution in [0.4, 0.5) is 13.2 Å². The van der Waals surface area contributed by atoms with Crippen molar-refractivity contribution in [1.82, 2.24) is 19.1 Å². The molecule has 4 aromatic rings. The number of hydrogen-bond acceptors (Lipinski definition) is 3. The molecule has 0 aliphatic carbocycles.